The molecule has 0 fully saturated rings. The van der Waals surface area contributed by atoms with E-state index in [-0.39, 0.29) is 22.8 Å². The molecular formula is C33H32IN3O5. The molecule has 42 heavy (non-hydrogen) atoms. The van der Waals surface area contributed by atoms with E-state index in [1.807, 2.05) is 79.7 Å². The van der Waals surface area contributed by atoms with E-state index in [0.29, 0.717) is 23.7 Å². The molecule has 8 nitrogen and oxygen atoms in total. The molecule has 5 rings (SSSR count). The van der Waals surface area contributed by atoms with Crippen LogP contribution in [0.25, 0.3) is 0 Å². The number of alkyl halides is 1. The predicted molar refractivity (Wildman–Crippen MR) is 173 cm³/mol. The fourth-order valence-electron chi connectivity index (χ4n) is 4.94. The Labute approximate surface area is 252 Å². The minimum atomic E-state index is -2.16. The summed E-state index contributed by atoms with van der Waals surface area (Å²) in [6.07, 6.45) is 0.900. The van der Waals surface area contributed by atoms with Crippen LogP contribution >= 0.6 is 19.8 Å². The Balaban J connectivity index is 1.28. The van der Waals surface area contributed by atoms with Gasteiger partial charge in [0, 0.05) is 5.69 Å². The Bertz CT molecular complexity index is 1630. The maximum absolute atomic E-state index is 13.4. The monoisotopic (exact) mass is 677 g/mol. The second-order valence-electron chi connectivity index (χ2n) is 9.86. The van der Waals surface area contributed by atoms with Crippen molar-refractivity contribution in [3.63, 3.8) is 0 Å². The zero-order valence-electron chi connectivity index (χ0n) is 23.4. The zero-order chi connectivity index (χ0) is 29.6. The van der Waals surface area contributed by atoms with Crippen molar-refractivity contribution in [1.29, 1.82) is 0 Å². The molecule has 0 radical (unpaired) electrons. The van der Waals surface area contributed by atoms with Gasteiger partial charge in [-0.05, 0) is 18.6 Å². The van der Waals surface area contributed by atoms with E-state index in [1.165, 1.54) is 7.11 Å². The molecule has 9 heteroatoms. The molecule has 1 aliphatic heterocycles. The van der Waals surface area contributed by atoms with Gasteiger partial charge in [-0.2, -0.15) is 0 Å². The number of fused-ring (bicyclic) bond motifs is 1. The van der Waals surface area contributed by atoms with Crippen LogP contribution in [0.15, 0.2) is 91.0 Å². The molecule has 0 aliphatic carbocycles. The summed E-state index contributed by atoms with van der Waals surface area (Å²) < 4.78 is 7.86. The van der Waals surface area contributed by atoms with Crippen LogP contribution < -0.4 is 20.3 Å². The van der Waals surface area contributed by atoms with Gasteiger partial charge in [-0.3, -0.25) is 0 Å². The van der Waals surface area contributed by atoms with Gasteiger partial charge in [0.1, 0.15) is 0 Å². The molecule has 3 amide bonds. The number of aliphatic carboxylic acids is 1. The molecule has 1 aliphatic rings. The number of rotatable bonds is 9. The Morgan fingerprint density at radius 2 is 1.62 bits per heavy atom. The number of para-hydroxylation sites is 1. The number of hydrogen-bond acceptors (Lipinski definition) is 4. The molecule has 0 bridgehead atoms. The summed E-state index contributed by atoms with van der Waals surface area (Å²) in [6, 6.07) is 28.4. The first-order chi connectivity index (χ1) is 20.3. The van der Waals surface area contributed by atoms with Crippen LogP contribution in [0.3, 0.4) is 0 Å². The normalized spacial score (nSPS) is 12.3. The van der Waals surface area contributed by atoms with E-state index in [2.05, 4.69) is 16.7 Å². The third-order valence-electron chi connectivity index (χ3n) is 7.01. The Morgan fingerprint density at radius 1 is 0.881 bits per heavy atom. The first-order valence-electron chi connectivity index (χ1n) is 13.5. The summed E-state index contributed by atoms with van der Waals surface area (Å²) in [7, 11) is 1.52. The molecule has 4 aromatic carbocycles. The molecular weight excluding hydrogens is 645 g/mol. The van der Waals surface area contributed by atoms with Crippen LogP contribution in [0, 0.1) is 14.1 Å². The number of anilines is 3. The van der Waals surface area contributed by atoms with Gasteiger partial charge in [0.15, 0.2) is 0 Å². The van der Waals surface area contributed by atoms with E-state index >= 15 is 0 Å². The second-order valence-corrected chi connectivity index (χ2v) is 15.2. The second kappa shape index (κ2) is 13.1. The van der Waals surface area contributed by atoms with E-state index in [1.54, 1.807) is 17.0 Å². The van der Waals surface area contributed by atoms with Gasteiger partial charge >= 0.3 is 200 Å². The molecule has 1 heterocycles. The van der Waals surface area contributed by atoms with Crippen molar-refractivity contribution in [2.45, 2.75) is 19.8 Å². The first-order valence-corrected chi connectivity index (χ1v) is 17.2. The number of hydrogen-bond donors (Lipinski definition) is 3. The van der Waals surface area contributed by atoms with Crippen molar-refractivity contribution < 1.29 is 24.2 Å². The van der Waals surface area contributed by atoms with Crippen LogP contribution in [-0.4, -0.2) is 41.1 Å². The van der Waals surface area contributed by atoms with E-state index in [9.17, 15) is 19.5 Å². The summed E-state index contributed by atoms with van der Waals surface area (Å²) in [5.41, 5.74) is 4.88. The number of carboxylic acids is 1. The van der Waals surface area contributed by atoms with Crippen LogP contribution in [0.5, 0.6) is 5.75 Å². The molecule has 0 saturated heterocycles. The van der Waals surface area contributed by atoms with Gasteiger partial charge in [0.2, 0.25) is 0 Å². The number of halogens is 1. The molecule has 0 saturated carbocycles. The number of urea groups is 1. The first kappa shape index (κ1) is 29.1. The van der Waals surface area contributed by atoms with Gasteiger partial charge in [-0.1, -0.05) is 18.2 Å². The number of amides is 3. The number of ether oxygens (including phenoxy) is 1. The quantitative estimate of drug-likeness (QED) is 0.140. The van der Waals surface area contributed by atoms with Gasteiger partial charge in [-0.25, -0.2) is 4.79 Å². The molecule has 0 unspecified atom stereocenters. The van der Waals surface area contributed by atoms with Crippen molar-refractivity contribution in [2.24, 2.45) is 0 Å². The Hall–Kier alpha value is -4.38. The number of carbonyl (C=O) groups is 3. The van der Waals surface area contributed by atoms with Crippen molar-refractivity contribution >= 4 is 54.8 Å². The molecule has 0 atom stereocenters. The van der Waals surface area contributed by atoms with Crippen molar-refractivity contribution in [1.82, 2.24) is 0 Å². The fourth-order valence-corrected chi connectivity index (χ4v) is 9.84. The minimum absolute atomic E-state index is 0.0366. The Kier molecular flexibility index (Phi) is 9.06. The molecule has 216 valence electrons. The molecule has 4 aromatic rings. The van der Waals surface area contributed by atoms with E-state index in [0.717, 1.165) is 35.9 Å². The molecule has 0 aromatic heterocycles. The van der Waals surface area contributed by atoms with Gasteiger partial charge in [0.05, 0.1) is 0 Å². The zero-order valence-corrected chi connectivity index (χ0v) is 25.6. The summed E-state index contributed by atoms with van der Waals surface area (Å²) in [4.78, 5) is 39.4. The molecule has 3 N–H and O–H groups in total. The average molecular weight is 678 g/mol. The van der Waals surface area contributed by atoms with Crippen LogP contribution in [0.4, 0.5) is 21.9 Å². The number of nitrogens with zero attached hydrogens (tertiary/aromatic N) is 1. The van der Waals surface area contributed by atoms with Crippen molar-refractivity contribution in [3.05, 3.63) is 115 Å². The Morgan fingerprint density at radius 3 is 2.36 bits per heavy atom. The summed E-state index contributed by atoms with van der Waals surface area (Å²) in [6.45, 7) is 2.49. The van der Waals surface area contributed by atoms with Gasteiger partial charge in [-0.15, -0.1) is 0 Å². The number of methoxy groups -OCH3 is 1. The fraction of sp³-hybridized carbons (Fsp3) is 0.182. The summed E-state index contributed by atoms with van der Waals surface area (Å²) in [5.74, 6) is -0.363. The smallest absolute Gasteiger partial charge is 0.307 e. The number of aryl methyl sites for hydroxylation is 1. The minimum Gasteiger partial charge on any atom is -0.307 e. The van der Waals surface area contributed by atoms with Crippen LogP contribution in [-0.2, 0) is 22.4 Å². The van der Waals surface area contributed by atoms with Crippen molar-refractivity contribution in [2.75, 3.05) is 33.6 Å². The van der Waals surface area contributed by atoms with Gasteiger partial charge in [0.25, 0.3) is 0 Å². The SMILES string of the molecule is COc1cc(CC(=O)N2CCc3cc(I(CC(=O)O)c4ccccc4)ccc32)ccc1NC(=O)Nc1ccccc1C. The number of benzene rings is 4. The summed E-state index contributed by atoms with van der Waals surface area (Å²) >= 11 is -2.16. The number of carbonyl (C=O) groups excluding carboxylic acids is 2. The number of nitrogens with one attached hydrogen (secondary N) is 2. The van der Waals surface area contributed by atoms with Crippen LogP contribution in [0.1, 0.15) is 16.7 Å². The number of carboxylic acid groups (broad SMARTS) is 1. The maximum atomic E-state index is 13.4. The summed E-state index contributed by atoms with van der Waals surface area (Å²) in [5, 5.41) is 15.2. The average Bonchev–Trinajstić information content (AvgIpc) is 3.42. The topological polar surface area (TPSA) is 108 Å². The van der Waals surface area contributed by atoms with Crippen LogP contribution in [0.2, 0.25) is 0 Å². The van der Waals surface area contributed by atoms with E-state index in [4.69, 9.17) is 4.74 Å². The van der Waals surface area contributed by atoms with Crippen molar-refractivity contribution in [3.8, 4) is 5.75 Å². The third kappa shape index (κ3) is 6.73. The molecule has 0 spiro atoms. The van der Waals surface area contributed by atoms with E-state index < -0.39 is 25.8 Å². The third-order valence-corrected chi connectivity index (χ3v) is 12.8. The predicted octanol–water partition coefficient (Wildman–Crippen LogP) is 6.41. The standard InChI is InChI=1S/C33H32IN3O5/c1-22-8-6-7-11-27(22)35-33(41)36-28-14-12-23(18-30(28)42-2)19-31(38)37-17-16-24-20-26(13-15-29(24)37)34(21-32(39)40)25-9-4-3-5-10-25/h3-15,18,20H,16-17,19,21H2,1-2H3,(H,39,40)(H2,35,36,41). The van der Waals surface area contributed by atoms with Gasteiger partial charge < -0.3 is 5.32 Å².